The summed E-state index contributed by atoms with van der Waals surface area (Å²) in [5.41, 5.74) is 17.1. The second kappa shape index (κ2) is 10.5. The smallest absolute Gasteiger partial charge is 0.200 e. The van der Waals surface area contributed by atoms with Gasteiger partial charge in [-0.15, -0.1) is 0 Å². The average molecular weight is 644 g/mol. The quantitative estimate of drug-likeness (QED) is 0.220. The number of hydrogen-bond acceptors (Lipinski definition) is 5. The molecule has 5 aliphatic carbocycles. The van der Waals surface area contributed by atoms with E-state index in [9.17, 15) is 0 Å². The predicted molar refractivity (Wildman–Crippen MR) is 201 cm³/mol. The molecule has 1 aliphatic heterocycles. The summed E-state index contributed by atoms with van der Waals surface area (Å²) < 4.78 is 13.4. The minimum absolute atomic E-state index is 0.0666. The van der Waals surface area contributed by atoms with Crippen molar-refractivity contribution in [1.29, 1.82) is 0 Å². The van der Waals surface area contributed by atoms with Crippen LogP contribution in [-0.4, -0.2) is 17.3 Å². The summed E-state index contributed by atoms with van der Waals surface area (Å²) in [6.45, 7) is 6.80. The minimum Gasteiger partial charge on any atom is -0.455 e. The first kappa shape index (κ1) is 28.9. The molecule has 5 nitrogen and oxygen atoms in total. The maximum absolute atomic E-state index is 7.17. The van der Waals surface area contributed by atoms with E-state index in [1.165, 1.54) is 28.9 Å². The van der Waals surface area contributed by atoms with Crippen molar-refractivity contribution in [2.24, 2.45) is 22.7 Å². The molecule has 2 aromatic carbocycles. The number of para-hydroxylation sites is 1. The maximum atomic E-state index is 7.17. The number of nitrogens with two attached hydrogens (primary N) is 1. The van der Waals surface area contributed by atoms with Gasteiger partial charge in [0.15, 0.2) is 0 Å². The second-order valence-corrected chi connectivity index (χ2v) is 15.0. The number of aliphatic imine (C=N–C) groups is 1. The summed E-state index contributed by atoms with van der Waals surface area (Å²) in [6.07, 6.45) is 31.5. The molecular weight excluding hydrogens is 603 g/mol. The van der Waals surface area contributed by atoms with Crippen molar-refractivity contribution in [1.82, 2.24) is 0 Å². The Bertz CT molecular complexity index is 2330. The van der Waals surface area contributed by atoms with Gasteiger partial charge in [-0.2, -0.15) is 0 Å². The molecule has 2 aromatic heterocycles. The number of hydrogen-bond donors (Lipinski definition) is 1. The third-order valence-corrected chi connectivity index (χ3v) is 11.8. The lowest BCUT2D eigenvalue weighted by molar-refractivity contribution is 0.527. The molecule has 10 rings (SSSR count). The van der Waals surface area contributed by atoms with Gasteiger partial charge in [0.05, 0.1) is 22.9 Å². The van der Waals surface area contributed by atoms with Crippen LogP contribution in [0.1, 0.15) is 74.0 Å². The van der Waals surface area contributed by atoms with Crippen molar-refractivity contribution < 1.29 is 8.83 Å². The van der Waals surface area contributed by atoms with Crippen LogP contribution in [-0.2, 0) is 6.42 Å². The van der Waals surface area contributed by atoms with Gasteiger partial charge < -0.3 is 19.5 Å². The summed E-state index contributed by atoms with van der Waals surface area (Å²) in [5, 5.41) is 2.22. The van der Waals surface area contributed by atoms with Gasteiger partial charge in [0, 0.05) is 44.8 Å². The topological polar surface area (TPSA) is 67.9 Å². The first-order valence-electron chi connectivity index (χ1n) is 18.0. The fraction of sp³-hybridized carbons (Fsp3) is 0.295. The molecule has 6 unspecified atom stereocenters. The van der Waals surface area contributed by atoms with E-state index >= 15 is 0 Å². The maximum Gasteiger partial charge on any atom is 0.200 e. The molecule has 3 heterocycles. The largest absolute Gasteiger partial charge is 0.455 e. The fourth-order valence-corrected chi connectivity index (χ4v) is 9.01. The Hall–Kier alpha value is -5.03. The van der Waals surface area contributed by atoms with Crippen molar-refractivity contribution in [2.75, 3.05) is 10.6 Å². The van der Waals surface area contributed by atoms with Crippen molar-refractivity contribution in [3.05, 3.63) is 136 Å². The van der Waals surface area contributed by atoms with Crippen LogP contribution in [0, 0.1) is 17.8 Å². The molecule has 49 heavy (non-hydrogen) atoms. The third kappa shape index (κ3) is 4.27. The number of nitrogen functional groups attached to an aromatic ring is 1. The SMILES string of the molecule is CC1C=CC(C(C)N=C(c2c(N)oc3c2CCC=C3)c2cccc3c2oc2c4c(ccc23)N(C2=CC3CC3C=C2)C2(C)C=CC=CC42)=CC1. The zero-order valence-corrected chi connectivity index (χ0v) is 28.3. The summed E-state index contributed by atoms with van der Waals surface area (Å²) in [4.78, 5) is 8.04. The summed E-state index contributed by atoms with van der Waals surface area (Å²) in [6, 6.07) is 11.0. The van der Waals surface area contributed by atoms with E-state index in [2.05, 4.69) is 123 Å². The number of rotatable bonds is 5. The minimum atomic E-state index is -0.232. The van der Waals surface area contributed by atoms with Gasteiger partial charge in [0.2, 0.25) is 5.88 Å². The van der Waals surface area contributed by atoms with Gasteiger partial charge in [-0.25, -0.2) is 0 Å². The molecule has 6 atom stereocenters. The van der Waals surface area contributed by atoms with Crippen LogP contribution in [0.25, 0.3) is 28.0 Å². The monoisotopic (exact) mass is 643 g/mol. The highest BCUT2D eigenvalue weighted by molar-refractivity contribution is 6.24. The van der Waals surface area contributed by atoms with E-state index in [1.807, 2.05) is 6.08 Å². The Kier molecular flexibility index (Phi) is 6.19. The van der Waals surface area contributed by atoms with Gasteiger partial charge >= 0.3 is 0 Å². The molecule has 6 aliphatic rings. The Morgan fingerprint density at radius 3 is 2.76 bits per heavy atom. The number of furan rings is 2. The molecule has 2 N–H and O–H groups in total. The normalized spacial score (nSPS) is 28.4. The number of anilines is 2. The molecule has 244 valence electrons. The predicted octanol–water partition coefficient (Wildman–Crippen LogP) is 10.3. The van der Waals surface area contributed by atoms with E-state index in [1.54, 1.807) is 0 Å². The first-order chi connectivity index (χ1) is 23.9. The zero-order chi connectivity index (χ0) is 33.0. The van der Waals surface area contributed by atoms with Crippen molar-refractivity contribution >= 4 is 45.3 Å². The van der Waals surface area contributed by atoms with E-state index in [0.29, 0.717) is 23.6 Å². The lowest BCUT2D eigenvalue weighted by Gasteiger charge is -2.40. The number of allylic oxidation sites excluding steroid dienone is 8. The first-order valence-corrected chi connectivity index (χ1v) is 18.0. The molecule has 1 saturated carbocycles. The number of fused-ring (bicyclic) bond motifs is 9. The summed E-state index contributed by atoms with van der Waals surface area (Å²) >= 11 is 0. The second-order valence-electron chi connectivity index (χ2n) is 15.0. The van der Waals surface area contributed by atoms with E-state index in [4.69, 9.17) is 19.6 Å². The molecular formula is C44H41N3O2. The molecule has 1 fully saturated rings. The van der Waals surface area contributed by atoms with Gasteiger partial charge in [-0.3, -0.25) is 4.99 Å². The van der Waals surface area contributed by atoms with Crippen LogP contribution in [0.15, 0.2) is 122 Å². The van der Waals surface area contributed by atoms with Crippen LogP contribution >= 0.6 is 0 Å². The van der Waals surface area contributed by atoms with Gasteiger partial charge in [0.1, 0.15) is 16.9 Å². The molecule has 0 saturated heterocycles. The average Bonchev–Trinajstić information content (AvgIpc) is 3.54. The zero-order valence-electron chi connectivity index (χ0n) is 28.3. The van der Waals surface area contributed by atoms with Crippen LogP contribution in [0.2, 0.25) is 0 Å². The molecule has 0 amide bonds. The van der Waals surface area contributed by atoms with E-state index in [-0.39, 0.29) is 17.5 Å². The highest BCUT2D eigenvalue weighted by atomic mass is 16.4. The van der Waals surface area contributed by atoms with Gasteiger partial charge in [-0.05, 0) is 93.2 Å². The van der Waals surface area contributed by atoms with Gasteiger partial charge in [-0.1, -0.05) is 79.8 Å². The molecule has 0 radical (unpaired) electrons. The Morgan fingerprint density at radius 2 is 1.90 bits per heavy atom. The lowest BCUT2D eigenvalue weighted by Crippen LogP contribution is -2.44. The van der Waals surface area contributed by atoms with Crippen molar-refractivity contribution in [2.45, 2.75) is 64.0 Å². The van der Waals surface area contributed by atoms with Crippen LogP contribution in [0.4, 0.5) is 11.6 Å². The van der Waals surface area contributed by atoms with E-state index in [0.717, 1.165) is 69.4 Å². The Morgan fingerprint density at radius 1 is 1.00 bits per heavy atom. The fourth-order valence-electron chi connectivity index (χ4n) is 9.01. The number of nitrogens with zero attached hydrogens (tertiary/aromatic N) is 2. The highest BCUT2D eigenvalue weighted by Crippen LogP contribution is 2.57. The standard InChI is InChI=1S/C44H41N3O2/c1-25-14-16-27(17-15-25)26(2)46-40(38-33-9-4-5-13-37(33)48-43(38)45)34-11-8-10-31-32-20-21-36-39(42(32)49-41(31)34)35-12-6-7-22-44(35,3)47(36)30-19-18-28-23-29(28)24-30/h5-8,10-14,16-22,24-26,28-29,35H,4,9,15,23,45H2,1-3H3. The number of benzene rings is 2. The highest BCUT2D eigenvalue weighted by Gasteiger charge is 2.50. The third-order valence-electron chi connectivity index (χ3n) is 11.8. The molecule has 0 spiro atoms. The van der Waals surface area contributed by atoms with Crippen LogP contribution < -0.4 is 10.6 Å². The summed E-state index contributed by atoms with van der Waals surface area (Å²) in [5.74, 6) is 3.31. The molecule has 0 bridgehead atoms. The van der Waals surface area contributed by atoms with Crippen LogP contribution in [0.5, 0.6) is 0 Å². The van der Waals surface area contributed by atoms with Crippen molar-refractivity contribution in [3.63, 3.8) is 0 Å². The van der Waals surface area contributed by atoms with E-state index < -0.39 is 0 Å². The lowest BCUT2D eigenvalue weighted by atomic mass is 9.80. The Balaban J connectivity index is 1.19. The Labute approximate surface area is 287 Å². The molecule has 4 aromatic rings. The van der Waals surface area contributed by atoms with Crippen LogP contribution in [0.3, 0.4) is 0 Å². The summed E-state index contributed by atoms with van der Waals surface area (Å²) in [7, 11) is 0. The molecule has 5 heteroatoms. The van der Waals surface area contributed by atoms with Gasteiger partial charge in [0.25, 0.3) is 0 Å². The van der Waals surface area contributed by atoms with Crippen molar-refractivity contribution in [3.8, 4) is 0 Å².